The zero-order chi connectivity index (χ0) is 11.0. The molecule has 2 aromatic rings. The maximum atomic E-state index is 11.0. The van der Waals surface area contributed by atoms with Gasteiger partial charge in [-0.3, -0.25) is 4.98 Å². The van der Waals surface area contributed by atoms with Gasteiger partial charge >= 0.3 is 6.09 Å². The highest BCUT2D eigenvalue weighted by Gasteiger charge is 2.25. The zero-order valence-electron chi connectivity index (χ0n) is 8.51. The Kier molecular flexibility index (Phi) is 1.99. The summed E-state index contributed by atoms with van der Waals surface area (Å²) in [6.07, 6.45) is 1.39. The van der Waals surface area contributed by atoms with Gasteiger partial charge in [-0.2, -0.15) is 0 Å². The Bertz CT molecular complexity index is 548. The molecular formula is C12H10N2O2. The van der Waals surface area contributed by atoms with Crippen LogP contribution in [0, 0.1) is 0 Å². The lowest BCUT2D eigenvalue weighted by Crippen LogP contribution is -2.18. The van der Waals surface area contributed by atoms with Gasteiger partial charge < -0.3 is 10.1 Å². The summed E-state index contributed by atoms with van der Waals surface area (Å²) in [5.41, 5.74) is 1.92. The van der Waals surface area contributed by atoms with E-state index in [1.807, 2.05) is 30.3 Å². The van der Waals surface area contributed by atoms with Gasteiger partial charge in [0.15, 0.2) is 0 Å². The fraction of sp³-hybridized carbons (Fsp3) is 0.167. The molecule has 1 unspecified atom stereocenters. The van der Waals surface area contributed by atoms with E-state index in [4.69, 9.17) is 4.74 Å². The molecule has 0 spiro atoms. The molecule has 0 bridgehead atoms. The number of ether oxygens (including phenoxy) is 1. The lowest BCUT2D eigenvalue weighted by atomic mass is 10.0. The summed E-state index contributed by atoms with van der Waals surface area (Å²) >= 11 is 0. The molecule has 80 valence electrons. The topological polar surface area (TPSA) is 51.2 Å². The van der Waals surface area contributed by atoms with Crippen LogP contribution in [0.5, 0.6) is 0 Å². The number of pyridine rings is 1. The normalized spacial score (nSPS) is 19.5. The Labute approximate surface area is 92.2 Å². The molecule has 0 radical (unpaired) electrons. The van der Waals surface area contributed by atoms with Crippen LogP contribution in [-0.4, -0.2) is 17.7 Å². The lowest BCUT2D eigenvalue weighted by molar-refractivity contribution is 0.177. The minimum absolute atomic E-state index is 0.0916. The molecule has 4 heteroatoms. The molecule has 0 aliphatic carbocycles. The van der Waals surface area contributed by atoms with Gasteiger partial charge in [-0.25, -0.2) is 4.79 Å². The Hall–Kier alpha value is -2.10. The number of carbonyl (C=O) groups is 1. The van der Waals surface area contributed by atoms with E-state index < -0.39 is 0 Å². The third-order valence-corrected chi connectivity index (χ3v) is 2.71. The van der Waals surface area contributed by atoms with Crippen molar-refractivity contribution in [1.29, 1.82) is 0 Å². The molecule has 1 amide bonds. The maximum absolute atomic E-state index is 11.0. The highest BCUT2D eigenvalue weighted by Crippen LogP contribution is 2.24. The fourth-order valence-corrected chi connectivity index (χ4v) is 1.96. The summed E-state index contributed by atoms with van der Waals surface area (Å²) in [6.45, 7) is 0.370. The number of rotatable bonds is 1. The number of amides is 1. The van der Waals surface area contributed by atoms with E-state index in [9.17, 15) is 4.79 Å². The van der Waals surface area contributed by atoms with E-state index in [0.717, 1.165) is 16.5 Å². The van der Waals surface area contributed by atoms with Gasteiger partial charge in [-0.15, -0.1) is 0 Å². The molecule has 1 fully saturated rings. The van der Waals surface area contributed by atoms with Crippen LogP contribution in [-0.2, 0) is 4.74 Å². The van der Waals surface area contributed by atoms with Crippen molar-refractivity contribution >= 4 is 17.0 Å². The molecule has 1 aromatic heterocycles. The second-order valence-electron chi connectivity index (χ2n) is 3.72. The van der Waals surface area contributed by atoms with E-state index in [1.54, 1.807) is 6.20 Å². The van der Waals surface area contributed by atoms with Crippen LogP contribution < -0.4 is 5.32 Å². The average molecular weight is 214 g/mol. The lowest BCUT2D eigenvalue weighted by Gasteiger charge is -2.09. The quantitative estimate of drug-likeness (QED) is 0.790. The number of hydrogen-bond acceptors (Lipinski definition) is 3. The van der Waals surface area contributed by atoms with Gasteiger partial charge in [0, 0.05) is 17.1 Å². The van der Waals surface area contributed by atoms with Crippen LogP contribution in [0.1, 0.15) is 11.6 Å². The number of nitrogens with one attached hydrogen (secondary N) is 1. The van der Waals surface area contributed by atoms with Crippen molar-refractivity contribution in [3.05, 3.63) is 42.1 Å². The van der Waals surface area contributed by atoms with Crippen LogP contribution in [0.15, 0.2) is 36.5 Å². The number of alkyl carbamates (subject to hydrolysis) is 1. The predicted molar refractivity (Wildman–Crippen MR) is 59.0 cm³/mol. The van der Waals surface area contributed by atoms with Crippen molar-refractivity contribution in [2.24, 2.45) is 0 Å². The second-order valence-corrected chi connectivity index (χ2v) is 3.72. The predicted octanol–water partition coefficient (Wildman–Crippen LogP) is 2.02. The van der Waals surface area contributed by atoms with Crippen molar-refractivity contribution in [1.82, 2.24) is 10.3 Å². The van der Waals surface area contributed by atoms with E-state index in [2.05, 4.69) is 10.3 Å². The highest BCUT2D eigenvalue weighted by molar-refractivity contribution is 5.83. The van der Waals surface area contributed by atoms with Gasteiger partial charge in [-0.05, 0) is 6.07 Å². The third-order valence-electron chi connectivity index (χ3n) is 2.71. The second kappa shape index (κ2) is 3.48. The largest absolute Gasteiger partial charge is 0.447 e. The number of fused-ring (bicyclic) bond motifs is 1. The standard InChI is InChI=1S/C12H10N2O2/c15-12-14-10(7-16-12)9-5-1-3-8-4-2-6-13-11(8)9/h1-6,10H,7H2,(H,14,15). The molecule has 2 heterocycles. The molecule has 1 N–H and O–H groups in total. The number of cyclic esters (lactones) is 1. The van der Waals surface area contributed by atoms with Crippen LogP contribution in [0.4, 0.5) is 4.79 Å². The average Bonchev–Trinajstić information content (AvgIpc) is 2.75. The monoisotopic (exact) mass is 214 g/mol. The molecule has 16 heavy (non-hydrogen) atoms. The summed E-state index contributed by atoms with van der Waals surface area (Å²) in [6, 6.07) is 9.74. The van der Waals surface area contributed by atoms with E-state index in [-0.39, 0.29) is 12.1 Å². The Balaban J connectivity index is 2.13. The Morgan fingerprint density at radius 2 is 2.19 bits per heavy atom. The number of hydrogen-bond donors (Lipinski definition) is 1. The van der Waals surface area contributed by atoms with Crippen molar-refractivity contribution in [2.45, 2.75) is 6.04 Å². The van der Waals surface area contributed by atoms with Crippen LogP contribution in [0.3, 0.4) is 0 Å². The van der Waals surface area contributed by atoms with Gasteiger partial charge in [0.1, 0.15) is 6.61 Å². The molecule has 1 aliphatic heterocycles. The number of aromatic nitrogens is 1. The smallest absolute Gasteiger partial charge is 0.407 e. The first-order valence-corrected chi connectivity index (χ1v) is 5.11. The maximum Gasteiger partial charge on any atom is 0.407 e. The van der Waals surface area contributed by atoms with E-state index in [0.29, 0.717) is 6.61 Å². The molecule has 1 saturated heterocycles. The number of para-hydroxylation sites is 1. The molecule has 1 aliphatic rings. The Morgan fingerprint density at radius 3 is 3.00 bits per heavy atom. The van der Waals surface area contributed by atoms with Gasteiger partial charge in [0.25, 0.3) is 0 Å². The number of nitrogens with zero attached hydrogens (tertiary/aromatic N) is 1. The zero-order valence-corrected chi connectivity index (χ0v) is 8.51. The van der Waals surface area contributed by atoms with Crippen molar-refractivity contribution in [3.63, 3.8) is 0 Å². The number of benzene rings is 1. The molecule has 3 rings (SSSR count). The summed E-state index contributed by atoms with van der Waals surface area (Å²) in [7, 11) is 0. The van der Waals surface area contributed by atoms with Gasteiger partial charge in [0.2, 0.25) is 0 Å². The van der Waals surface area contributed by atoms with E-state index in [1.165, 1.54) is 0 Å². The Morgan fingerprint density at radius 1 is 1.31 bits per heavy atom. The SMILES string of the molecule is O=C1NC(c2cccc3cccnc23)CO1. The number of carbonyl (C=O) groups excluding carboxylic acids is 1. The van der Waals surface area contributed by atoms with Gasteiger partial charge in [-0.1, -0.05) is 24.3 Å². The minimum atomic E-state index is -0.363. The van der Waals surface area contributed by atoms with Crippen LogP contribution in [0.25, 0.3) is 10.9 Å². The van der Waals surface area contributed by atoms with Crippen molar-refractivity contribution in [2.75, 3.05) is 6.61 Å². The first-order chi connectivity index (χ1) is 7.84. The molecular weight excluding hydrogens is 204 g/mol. The molecule has 1 aromatic carbocycles. The summed E-state index contributed by atoms with van der Waals surface area (Å²) in [5.74, 6) is 0. The molecule has 0 saturated carbocycles. The van der Waals surface area contributed by atoms with Gasteiger partial charge in [0.05, 0.1) is 11.6 Å². The van der Waals surface area contributed by atoms with Crippen molar-refractivity contribution < 1.29 is 9.53 Å². The van der Waals surface area contributed by atoms with Crippen LogP contribution >= 0.6 is 0 Å². The summed E-state index contributed by atoms with van der Waals surface area (Å²) in [5, 5.41) is 3.83. The molecule has 4 nitrogen and oxygen atoms in total. The summed E-state index contributed by atoms with van der Waals surface area (Å²) in [4.78, 5) is 15.4. The van der Waals surface area contributed by atoms with E-state index >= 15 is 0 Å². The first-order valence-electron chi connectivity index (χ1n) is 5.11. The van der Waals surface area contributed by atoms with Crippen molar-refractivity contribution in [3.8, 4) is 0 Å². The minimum Gasteiger partial charge on any atom is -0.447 e. The third kappa shape index (κ3) is 1.39. The fourth-order valence-electron chi connectivity index (χ4n) is 1.96. The highest BCUT2D eigenvalue weighted by atomic mass is 16.6. The molecule has 1 atom stereocenters. The summed E-state index contributed by atoms with van der Waals surface area (Å²) < 4.78 is 4.89. The van der Waals surface area contributed by atoms with Crippen LogP contribution in [0.2, 0.25) is 0 Å². The first kappa shape index (κ1) is 9.15.